The second kappa shape index (κ2) is 6.77. The number of hydrogen-bond donors (Lipinski definition) is 1. The maximum atomic E-state index is 10.2. The molecule has 4 nitrogen and oxygen atoms in total. The Bertz CT molecular complexity index is 323. The molecule has 1 aromatic heterocycles. The number of rotatable bonds is 7. The van der Waals surface area contributed by atoms with Gasteiger partial charge in [0.25, 0.3) is 0 Å². The van der Waals surface area contributed by atoms with Gasteiger partial charge in [-0.05, 0) is 19.8 Å². The van der Waals surface area contributed by atoms with Crippen molar-refractivity contribution in [1.29, 1.82) is 0 Å². The Morgan fingerprint density at radius 1 is 1.41 bits per heavy atom. The fraction of sp³-hybridized carbons (Fsp3) is 0.769. The largest absolute Gasteiger partial charge is 0.390 e. The van der Waals surface area contributed by atoms with E-state index >= 15 is 0 Å². The average Bonchev–Trinajstić information content (AvgIpc) is 2.72. The zero-order valence-corrected chi connectivity index (χ0v) is 11.3. The van der Waals surface area contributed by atoms with Crippen molar-refractivity contribution in [2.24, 2.45) is 5.92 Å². The second-order valence-electron chi connectivity index (χ2n) is 4.56. The molecular weight excluding hydrogens is 216 g/mol. The number of nitrogens with zero attached hydrogens (tertiary/aromatic N) is 2. The molecule has 0 aliphatic rings. The molecule has 1 aromatic rings. The lowest BCUT2D eigenvalue weighted by molar-refractivity contribution is -0.0571. The summed E-state index contributed by atoms with van der Waals surface area (Å²) in [6.45, 7) is 9.66. The molecule has 1 rings (SSSR count). The van der Waals surface area contributed by atoms with Crippen LogP contribution >= 0.6 is 0 Å². The number of ether oxygens (including phenoxy) is 1. The summed E-state index contributed by atoms with van der Waals surface area (Å²) in [5.41, 5.74) is 0. The van der Waals surface area contributed by atoms with Crippen LogP contribution in [-0.4, -0.2) is 33.5 Å². The van der Waals surface area contributed by atoms with Crippen molar-refractivity contribution in [3.8, 4) is 0 Å². The van der Waals surface area contributed by atoms with Gasteiger partial charge in [-0.1, -0.05) is 13.8 Å². The van der Waals surface area contributed by atoms with E-state index in [2.05, 4.69) is 25.8 Å². The van der Waals surface area contributed by atoms with Crippen molar-refractivity contribution in [2.75, 3.05) is 6.61 Å². The van der Waals surface area contributed by atoms with E-state index in [1.54, 1.807) is 6.20 Å². The summed E-state index contributed by atoms with van der Waals surface area (Å²) in [5.74, 6) is 1.22. The Morgan fingerprint density at radius 3 is 2.65 bits per heavy atom. The third kappa shape index (κ3) is 3.82. The van der Waals surface area contributed by atoms with Crippen LogP contribution in [0.2, 0.25) is 0 Å². The van der Waals surface area contributed by atoms with E-state index < -0.39 is 6.10 Å². The summed E-state index contributed by atoms with van der Waals surface area (Å²) in [5, 5.41) is 10.2. The van der Waals surface area contributed by atoms with Gasteiger partial charge in [0.05, 0.1) is 12.2 Å². The van der Waals surface area contributed by atoms with E-state index in [-0.39, 0.29) is 6.10 Å². The molecule has 2 unspecified atom stereocenters. The summed E-state index contributed by atoms with van der Waals surface area (Å²) in [6, 6.07) is 0. The summed E-state index contributed by atoms with van der Waals surface area (Å²) < 4.78 is 7.65. The van der Waals surface area contributed by atoms with Crippen molar-refractivity contribution in [2.45, 2.75) is 52.9 Å². The lowest BCUT2D eigenvalue weighted by atomic mass is 9.99. The van der Waals surface area contributed by atoms with Gasteiger partial charge in [-0.2, -0.15) is 0 Å². The standard InChI is InChI=1S/C13H24N2O2/c1-5-15-8-7-14-12(15)9-11(16)13(10(3)4)17-6-2/h7-8,10-11,13,16H,5-6,9H2,1-4H3. The SMILES string of the molecule is CCOC(C(C)C)C(O)Cc1nccn1CC. The van der Waals surface area contributed by atoms with Crippen LogP contribution in [-0.2, 0) is 17.7 Å². The van der Waals surface area contributed by atoms with Crippen LogP contribution in [0.25, 0.3) is 0 Å². The van der Waals surface area contributed by atoms with Crippen LogP contribution in [0.3, 0.4) is 0 Å². The quantitative estimate of drug-likeness (QED) is 0.791. The van der Waals surface area contributed by atoms with E-state index in [9.17, 15) is 5.11 Å². The molecule has 0 aromatic carbocycles. The minimum absolute atomic E-state index is 0.123. The lowest BCUT2D eigenvalue weighted by Gasteiger charge is -2.26. The van der Waals surface area contributed by atoms with E-state index in [0.29, 0.717) is 18.9 Å². The molecule has 0 fully saturated rings. The Hall–Kier alpha value is -0.870. The van der Waals surface area contributed by atoms with Crippen LogP contribution < -0.4 is 0 Å². The third-order valence-corrected chi connectivity index (χ3v) is 2.93. The highest BCUT2D eigenvalue weighted by atomic mass is 16.5. The van der Waals surface area contributed by atoms with Gasteiger partial charge in [0.1, 0.15) is 5.82 Å². The van der Waals surface area contributed by atoms with E-state index in [0.717, 1.165) is 12.4 Å². The van der Waals surface area contributed by atoms with Crippen LogP contribution in [0.5, 0.6) is 0 Å². The van der Waals surface area contributed by atoms with Gasteiger partial charge in [-0.15, -0.1) is 0 Å². The molecular formula is C13H24N2O2. The topological polar surface area (TPSA) is 47.3 Å². The predicted octanol–water partition coefficient (Wildman–Crippen LogP) is 1.87. The number of aliphatic hydroxyl groups excluding tert-OH is 1. The van der Waals surface area contributed by atoms with Gasteiger partial charge in [0, 0.05) is 32.0 Å². The highest BCUT2D eigenvalue weighted by molar-refractivity contribution is 4.95. The molecule has 0 radical (unpaired) electrons. The van der Waals surface area contributed by atoms with Crippen molar-refractivity contribution in [1.82, 2.24) is 9.55 Å². The Balaban J connectivity index is 2.66. The monoisotopic (exact) mass is 240 g/mol. The Morgan fingerprint density at radius 2 is 2.12 bits per heavy atom. The van der Waals surface area contributed by atoms with Crippen LogP contribution in [0, 0.1) is 5.92 Å². The van der Waals surface area contributed by atoms with Crippen molar-refractivity contribution >= 4 is 0 Å². The summed E-state index contributed by atoms with van der Waals surface area (Å²) in [4.78, 5) is 4.28. The first-order chi connectivity index (χ1) is 8.10. The smallest absolute Gasteiger partial charge is 0.111 e. The molecule has 0 saturated carbocycles. The molecule has 2 atom stereocenters. The Labute approximate surface area is 104 Å². The summed E-state index contributed by atoms with van der Waals surface area (Å²) in [6.07, 6.45) is 3.64. The number of hydrogen-bond acceptors (Lipinski definition) is 3. The van der Waals surface area contributed by atoms with Gasteiger partial charge in [0.15, 0.2) is 0 Å². The number of aromatic nitrogens is 2. The third-order valence-electron chi connectivity index (χ3n) is 2.93. The molecule has 0 amide bonds. The van der Waals surface area contributed by atoms with Gasteiger partial charge in [-0.25, -0.2) is 4.98 Å². The number of imidazole rings is 1. The summed E-state index contributed by atoms with van der Waals surface area (Å²) >= 11 is 0. The second-order valence-corrected chi connectivity index (χ2v) is 4.56. The molecule has 98 valence electrons. The molecule has 0 spiro atoms. The highest BCUT2D eigenvalue weighted by Crippen LogP contribution is 2.15. The Kier molecular flexibility index (Phi) is 5.65. The molecule has 1 N–H and O–H groups in total. The van der Waals surface area contributed by atoms with Crippen molar-refractivity contribution < 1.29 is 9.84 Å². The van der Waals surface area contributed by atoms with Gasteiger partial charge < -0.3 is 14.4 Å². The molecule has 0 saturated heterocycles. The van der Waals surface area contributed by atoms with E-state index in [1.165, 1.54) is 0 Å². The van der Waals surface area contributed by atoms with Crippen LogP contribution in [0.4, 0.5) is 0 Å². The summed E-state index contributed by atoms with van der Waals surface area (Å²) in [7, 11) is 0. The van der Waals surface area contributed by atoms with Gasteiger partial charge in [-0.3, -0.25) is 0 Å². The van der Waals surface area contributed by atoms with Crippen LogP contribution in [0.1, 0.15) is 33.5 Å². The molecule has 0 bridgehead atoms. The minimum atomic E-state index is -0.498. The minimum Gasteiger partial charge on any atom is -0.390 e. The molecule has 1 heterocycles. The van der Waals surface area contributed by atoms with Crippen LogP contribution in [0.15, 0.2) is 12.4 Å². The highest BCUT2D eigenvalue weighted by Gasteiger charge is 2.24. The zero-order chi connectivity index (χ0) is 12.8. The number of aliphatic hydroxyl groups is 1. The maximum Gasteiger partial charge on any atom is 0.111 e. The molecule has 17 heavy (non-hydrogen) atoms. The first-order valence-electron chi connectivity index (χ1n) is 6.39. The number of aryl methyl sites for hydroxylation is 1. The normalized spacial score (nSPS) is 15.2. The predicted molar refractivity (Wildman–Crippen MR) is 67.9 cm³/mol. The maximum absolute atomic E-state index is 10.2. The van der Waals surface area contributed by atoms with Crippen molar-refractivity contribution in [3.63, 3.8) is 0 Å². The first kappa shape index (κ1) is 14.2. The molecule has 0 aliphatic heterocycles. The van der Waals surface area contributed by atoms with E-state index in [1.807, 2.05) is 17.7 Å². The van der Waals surface area contributed by atoms with Gasteiger partial charge in [0.2, 0.25) is 0 Å². The fourth-order valence-electron chi connectivity index (χ4n) is 2.06. The molecule has 0 aliphatic carbocycles. The fourth-order valence-corrected chi connectivity index (χ4v) is 2.06. The average molecular weight is 240 g/mol. The first-order valence-corrected chi connectivity index (χ1v) is 6.39. The molecule has 4 heteroatoms. The van der Waals surface area contributed by atoms with E-state index in [4.69, 9.17) is 4.74 Å². The van der Waals surface area contributed by atoms with Gasteiger partial charge >= 0.3 is 0 Å². The lowest BCUT2D eigenvalue weighted by Crippen LogP contribution is -2.36. The zero-order valence-electron chi connectivity index (χ0n) is 11.3. The van der Waals surface area contributed by atoms with Crippen molar-refractivity contribution in [3.05, 3.63) is 18.2 Å².